The van der Waals surface area contributed by atoms with E-state index in [1.807, 2.05) is 24.3 Å². The summed E-state index contributed by atoms with van der Waals surface area (Å²) in [5.41, 5.74) is 7.41. The van der Waals surface area contributed by atoms with E-state index in [0.29, 0.717) is 6.54 Å². The van der Waals surface area contributed by atoms with Crippen LogP contribution in [0.4, 0.5) is 0 Å². The first kappa shape index (κ1) is 11.0. The Morgan fingerprint density at radius 2 is 2.19 bits per heavy atom. The van der Waals surface area contributed by atoms with E-state index >= 15 is 0 Å². The van der Waals surface area contributed by atoms with Crippen LogP contribution in [0.5, 0.6) is 5.75 Å². The van der Waals surface area contributed by atoms with Gasteiger partial charge >= 0.3 is 0 Å². The number of ether oxygens (including phenoxy) is 1. The minimum atomic E-state index is 0.603. The topological polar surface area (TPSA) is 61.0 Å². The predicted octanol–water partition coefficient (Wildman–Crippen LogP) is 1.71. The van der Waals surface area contributed by atoms with E-state index in [4.69, 9.17) is 10.5 Å². The summed E-state index contributed by atoms with van der Waals surface area (Å²) in [7, 11) is 1.65. The number of aromatic nitrogens is 2. The summed E-state index contributed by atoms with van der Waals surface area (Å²) in [5.74, 6) is 0.813. The molecule has 0 bridgehead atoms. The first-order valence-electron chi connectivity index (χ1n) is 5.01. The lowest BCUT2D eigenvalue weighted by Crippen LogP contribution is -2.02. The Labute approximate surface area is 98.2 Å². The van der Waals surface area contributed by atoms with Crippen LogP contribution in [-0.2, 0) is 6.42 Å². The number of para-hydroxylation sites is 1. The number of benzene rings is 1. The summed E-state index contributed by atoms with van der Waals surface area (Å²) in [4.78, 5) is 1.10. The van der Waals surface area contributed by atoms with Gasteiger partial charge in [0.15, 0.2) is 0 Å². The molecular weight excluding hydrogens is 222 g/mol. The highest BCUT2D eigenvalue weighted by Crippen LogP contribution is 2.31. The minimum Gasteiger partial charge on any atom is -0.496 e. The molecular formula is C11H13N3OS. The van der Waals surface area contributed by atoms with Crippen LogP contribution in [0.15, 0.2) is 24.3 Å². The molecule has 0 atom stereocenters. The second-order valence-corrected chi connectivity index (χ2v) is 4.12. The van der Waals surface area contributed by atoms with Gasteiger partial charge in [0.1, 0.15) is 11.4 Å². The third-order valence-corrected chi connectivity index (χ3v) is 3.07. The molecule has 0 aliphatic heterocycles. The zero-order chi connectivity index (χ0) is 11.4. The van der Waals surface area contributed by atoms with E-state index in [1.165, 1.54) is 11.5 Å². The van der Waals surface area contributed by atoms with Gasteiger partial charge in [0, 0.05) is 5.56 Å². The lowest BCUT2D eigenvalue weighted by molar-refractivity contribution is 0.416. The molecule has 16 heavy (non-hydrogen) atoms. The highest BCUT2D eigenvalue weighted by Gasteiger charge is 2.13. The van der Waals surface area contributed by atoms with Crippen LogP contribution in [0.2, 0.25) is 0 Å². The molecule has 1 aromatic carbocycles. The van der Waals surface area contributed by atoms with Crippen LogP contribution in [-0.4, -0.2) is 23.2 Å². The summed E-state index contributed by atoms with van der Waals surface area (Å²) in [6.45, 7) is 0.603. The Bertz CT molecular complexity index is 470. The summed E-state index contributed by atoms with van der Waals surface area (Å²) in [5, 5.41) is 4.15. The minimum absolute atomic E-state index is 0.603. The highest BCUT2D eigenvalue weighted by molar-refractivity contribution is 7.06. The van der Waals surface area contributed by atoms with E-state index in [2.05, 4.69) is 9.59 Å². The maximum Gasteiger partial charge on any atom is 0.128 e. The van der Waals surface area contributed by atoms with Crippen molar-refractivity contribution in [1.82, 2.24) is 9.59 Å². The zero-order valence-electron chi connectivity index (χ0n) is 9.01. The molecule has 5 heteroatoms. The Balaban J connectivity index is 2.45. The van der Waals surface area contributed by atoms with Gasteiger partial charge in [-0.25, -0.2) is 0 Å². The Morgan fingerprint density at radius 3 is 2.94 bits per heavy atom. The van der Waals surface area contributed by atoms with Gasteiger partial charge in [-0.1, -0.05) is 16.6 Å². The third-order valence-electron chi connectivity index (χ3n) is 2.29. The molecule has 0 fully saturated rings. The Hall–Kier alpha value is -1.46. The normalized spacial score (nSPS) is 10.4. The van der Waals surface area contributed by atoms with Crippen molar-refractivity contribution in [3.63, 3.8) is 0 Å². The zero-order valence-corrected chi connectivity index (χ0v) is 9.83. The number of nitrogens with zero attached hydrogens (tertiary/aromatic N) is 2. The monoisotopic (exact) mass is 235 g/mol. The SMILES string of the molecule is COc1ccccc1-c1nnsc1CCN. The molecule has 0 unspecified atom stereocenters. The molecule has 1 heterocycles. The van der Waals surface area contributed by atoms with E-state index in [0.717, 1.165) is 28.3 Å². The van der Waals surface area contributed by atoms with Gasteiger partial charge in [-0.3, -0.25) is 0 Å². The lowest BCUT2D eigenvalue weighted by Gasteiger charge is -2.06. The summed E-state index contributed by atoms with van der Waals surface area (Å²) in [6.07, 6.45) is 0.797. The third kappa shape index (κ3) is 2.05. The van der Waals surface area contributed by atoms with Crippen LogP contribution in [0.25, 0.3) is 11.3 Å². The molecule has 84 valence electrons. The van der Waals surface area contributed by atoms with Crippen molar-refractivity contribution in [3.05, 3.63) is 29.1 Å². The molecule has 0 amide bonds. The van der Waals surface area contributed by atoms with Crippen molar-refractivity contribution >= 4 is 11.5 Å². The molecule has 0 aliphatic rings. The van der Waals surface area contributed by atoms with Gasteiger partial charge in [0.25, 0.3) is 0 Å². The van der Waals surface area contributed by atoms with Gasteiger partial charge in [0.05, 0.1) is 12.0 Å². The van der Waals surface area contributed by atoms with E-state index in [9.17, 15) is 0 Å². The quantitative estimate of drug-likeness (QED) is 0.876. The molecule has 0 aliphatic carbocycles. The average molecular weight is 235 g/mol. The fraction of sp³-hybridized carbons (Fsp3) is 0.273. The van der Waals surface area contributed by atoms with Crippen LogP contribution >= 0.6 is 11.5 Å². The largest absolute Gasteiger partial charge is 0.496 e. The molecule has 0 saturated heterocycles. The van der Waals surface area contributed by atoms with Crippen LogP contribution in [0, 0.1) is 0 Å². The summed E-state index contributed by atoms with van der Waals surface area (Å²) in [6, 6.07) is 7.80. The first-order chi connectivity index (χ1) is 7.86. The van der Waals surface area contributed by atoms with E-state index in [-0.39, 0.29) is 0 Å². The number of hydrogen-bond donors (Lipinski definition) is 1. The molecule has 2 aromatic rings. The first-order valence-corrected chi connectivity index (χ1v) is 5.79. The van der Waals surface area contributed by atoms with Crippen LogP contribution < -0.4 is 10.5 Å². The fourth-order valence-corrected chi connectivity index (χ4v) is 2.22. The molecule has 0 saturated carbocycles. The molecule has 0 spiro atoms. The highest BCUT2D eigenvalue weighted by atomic mass is 32.1. The maximum absolute atomic E-state index is 5.56. The molecule has 0 radical (unpaired) electrons. The van der Waals surface area contributed by atoms with E-state index in [1.54, 1.807) is 7.11 Å². The fourth-order valence-electron chi connectivity index (χ4n) is 1.55. The second-order valence-electron chi connectivity index (χ2n) is 3.28. The molecule has 1 aromatic heterocycles. The standard InChI is InChI=1S/C11H13N3OS/c1-15-9-5-3-2-4-8(9)11-10(6-7-12)16-14-13-11/h2-5H,6-7,12H2,1H3. The van der Waals surface area contributed by atoms with Crippen LogP contribution in [0.1, 0.15) is 4.88 Å². The van der Waals surface area contributed by atoms with Gasteiger partial charge in [-0.05, 0) is 36.6 Å². The average Bonchev–Trinajstić information content (AvgIpc) is 2.77. The van der Waals surface area contributed by atoms with Gasteiger partial charge in [0.2, 0.25) is 0 Å². The number of rotatable bonds is 4. The lowest BCUT2D eigenvalue weighted by atomic mass is 10.1. The van der Waals surface area contributed by atoms with Crippen molar-refractivity contribution < 1.29 is 4.74 Å². The Morgan fingerprint density at radius 1 is 1.38 bits per heavy atom. The maximum atomic E-state index is 5.56. The summed E-state index contributed by atoms with van der Waals surface area (Å²) < 4.78 is 9.28. The Kier molecular flexibility index (Phi) is 3.48. The summed E-state index contributed by atoms with van der Waals surface area (Å²) >= 11 is 1.39. The number of nitrogens with two attached hydrogens (primary N) is 1. The predicted molar refractivity (Wildman–Crippen MR) is 64.7 cm³/mol. The second kappa shape index (κ2) is 5.05. The van der Waals surface area contributed by atoms with Gasteiger partial charge in [-0.15, -0.1) is 5.10 Å². The van der Waals surface area contributed by atoms with Gasteiger partial charge in [-0.2, -0.15) is 0 Å². The van der Waals surface area contributed by atoms with Crippen molar-refractivity contribution in [2.45, 2.75) is 6.42 Å². The van der Waals surface area contributed by atoms with Crippen LogP contribution in [0.3, 0.4) is 0 Å². The molecule has 2 rings (SSSR count). The number of methoxy groups -OCH3 is 1. The molecule has 2 N–H and O–H groups in total. The molecule has 4 nitrogen and oxygen atoms in total. The van der Waals surface area contributed by atoms with Gasteiger partial charge < -0.3 is 10.5 Å². The number of hydrogen-bond acceptors (Lipinski definition) is 5. The van der Waals surface area contributed by atoms with Crippen molar-refractivity contribution in [3.8, 4) is 17.0 Å². The smallest absolute Gasteiger partial charge is 0.128 e. The van der Waals surface area contributed by atoms with E-state index < -0.39 is 0 Å². The van der Waals surface area contributed by atoms with Crippen molar-refractivity contribution in [2.75, 3.05) is 13.7 Å². The van der Waals surface area contributed by atoms with Crippen molar-refractivity contribution in [2.24, 2.45) is 5.73 Å². The van der Waals surface area contributed by atoms with Crippen molar-refractivity contribution in [1.29, 1.82) is 0 Å².